The summed E-state index contributed by atoms with van der Waals surface area (Å²) in [5.74, 6) is 0.113. The lowest BCUT2D eigenvalue weighted by Gasteiger charge is -2.09. The standard InChI is InChI=1S/C15H18N4O3/c1-3-9-19-13(20)7-6-12(18-19)14(21)17-10-11-5-4-8-16-15(11)22-2/h4-8H,3,9-10H2,1-2H3,(H,17,21). The van der Waals surface area contributed by atoms with Gasteiger partial charge in [0.05, 0.1) is 7.11 Å². The molecule has 2 rings (SSSR count). The molecule has 0 aromatic carbocycles. The van der Waals surface area contributed by atoms with Crippen LogP contribution in [0.15, 0.2) is 35.3 Å². The van der Waals surface area contributed by atoms with Gasteiger partial charge in [0.15, 0.2) is 0 Å². The van der Waals surface area contributed by atoms with E-state index in [1.54, 1.807) is 12.3 Å². The molecule has 0 fully saturated rings. The summed E-state index contributed by atoms with van der Waals surface area (Å²) in [6.07, 6.45) is 2.39. The Bertz CT molecular complexity index is 712. The van der Waals surface area contributed by atoms with E-state index < -0.39 is 0 Å². The molecule has 1 N–H and O–H groups in total. The first-order chi connectivity index (χ1) is 10.7. The fourth-order valence-electron chi connectivity index (χ4n) is 1.95. The molecule has 0 saturated heterocycles. The third-order valence-corrected chi connectivity index (χ3v) is 3.02. The van der Waals surface area contributed by atoms with E-state index in [-0.39, 0.29) is 23.7 Å². The van der Waals surface area contributed by atoms with Crippen LogP contribution in [0.4, 0.5) is 0 Å². The molecule has 1 amide bonds. The smallest absolute Gasteiger partial charge is 0.271 e. The van der Waals surface area contributed by atoms with Gasteiger partial charge in [-0.15, -0.1) is 0 Å². The van der Waals surface area contributed by atoms with Gasteiger partial charge >= 0.3 is 0 Å². The van der Waals surface area contributed by atoms with Crippen LogP contribution in [0.2, 0.25) is 0 Å². The number of nitrogens with one attached hydrogen (secondary N) is 1. The second kappa shape index (κ2) is 7.35. The summed E-state index contributed by atoms with van der Waals surface area (Å²) < 4.78 is 6.42. The van der Waals surface area contributed by atoms with Crippen molar-refractivity contribution in [1.29, 1.82) is 0 Å². The molecule has 0 unspecified atom stereocenters. The number of nitrogens with zero attached hydrogens (tertiary/aromatic N) is 3. The Morgan fingerprint density at radius 2 is 2.18 bits per heavy atom. The Balaban J connectivity index is 2.09. The molecule has 0 bridgehead atoms. The monoisotopic (exact) mass is 302 g/mol. The van der Waals surface area contributed by atoms with E-state index >= 15 is 0 Å². The van der Waals surface area contributed by atoms with Gasteiger partial charge < -0.3 is 10.1 Å². The van der Waals surface area contributed by atoms with E-state index in [1.807, 2.05) is 13.0 Å². The van der Waals surface area contributed by atoms with Gasteiger partial charge in [-0.25, -0.2) is 9.67 Å². The minimum absolute atomic E-state index is 0.205. The minimum Gasteiger partial charge on any atom is -0.481 e. The maximum Gasteiger partial charge on any atom is 0.271 e. The third kappa shape index (κ3) is 3.69. The van der Waals surface area contributed by atoms with Gasteiger partial charge in [0.2, 0.25) is 5.88 Å². The van der Waals surface area contributed by atoms with Crippen molar-refractivity contribution < 1.29 is 9.53 Å². The van der Waals surface area contributed by atoms with Gasteiger partial charge in [-0.3, -0.25) is 9.59 Å². The Hall–Kier alpha value is -2.70. The normalized spacial score (nSPS) is 10.3. The molecule has 2 aromatic rings. The molecule has 0 atom stereocenters. The summed E-state index contributed by atoms with van der Waals surface area (Å²) in [5.41, 5.74) is 0.753. The van der Waals surface area contributed by atoms with Crippen LogP contribution in [0.3, 0.4) is 0 Å². The molecule has 0 saturated carbocycles. The lowest BCUT2D eigenvalue weighted by molar-refractivity contribution is 0.0943. The molecule has 22 heavy (non-hydrogen) atoms. The highest BCUT2D eigenvalue weighted by Gasteiger charge is 2.11. The molecule has 0 spiro atoms. The molecule has 116 valence electrons. The quantitative estimate of drug-likeness (QED) is 0.860. The maximum absolute atomic E-state index is 12.1. The van der Waals surface area contributed by atoms with E-state index in [9.17, 15) is 9.59 Å². The van der Waals surface area contributed by atoms with Gasteiger partial charge in [-0.2, -0.15) is 5.10 Å². The van der Waals surface area contributed by atoms with Crippen molar-refractivity contribution in [2.45, 2.75) is 26.4 Å². The molecule has 0 aliphatic heterocycles. The number of ether oxygens (including phenoxy) is 1. The Labute approximate surface area is 128 Å². The summed E-state index contributed by atoms with van der Waals surface area (Å²) >= 11 is 0. The average Bonchev–Trinajstić information content (AvgIpc) is 2.55. The van der Waals surface area contributed by atoms with Crippen LogP contribution in [-0.2, 0) is 13.1 Å². The van der Waals surface area contributed by atoms with Crippen molar-refractivity contribution in [3.05, 3.63) is 52.1 Å². The summed E-state index contributed by atoms with van der Waals surface area (Å²) in [6, 6.07) is 6.35. The Morgan fingerprint density at radius 1 is 1.36 bits per heavy atom. The summed E-state index contributed by atoms with van der Waals surface area (Å²) in [4.78, 5) is 27.8. The number of amides is 1. The van der Waals surface area contributed by atoms with Crippen molar-refractivity contribution >= 4 is 5.91 Å². The zero-order chi connectivity index (χ0) is 15.9. The van der Waals surface area contributed by atoms with Crippen LogP contribution >= 0.6 is 0 Å². The second-order valence-corrected chi connectivity index (χ2v) is 4.63. The van der Waals surface area contributed by atoms with E-state index in [0.717, 1.165) is 12.0 Å². The molecule has 0 radical (unpaired) electrons. The number of hydrogen-bond acceptors (Lipinski definition) is 5. The van der Waals surface area contributed by atoms with E-state index in [2.05, 4.69) is 15.4 Å². The van der Waals surface area contributed by atoms with Crippen molar-refractivity contribution in [1.82, 2.24) is 20.1 Å². The number of aromatic nitrogens is 3. The fraction of sp³-hybridized carbons (Fsp3) is 0.333. The molecule has 7 heteroatoms. The predicted octanol–water partition coefficient (Wildman–Crippen LogP) is 0.987. The highest BCUT2D eigenvalue weighted by Crippen LogP contribution is 2.12. The van der Waals surface area contributed by atoms with Gasteiger partial charge in [0.25, 0.3) is 11.5 Å². The first kappa shape index (κ1) is 15.7. The van der Waals surface area contributed by atoms with Crippen LogP contribution in [0.5, 0.6) is 5.88 Å². The highest BCUT2D eigenvalue weighted by molar-refractivity contribution is 5.91. The third-order valence-electron chi connectivity index (χ3n) is 3.02. The number of hydrogen-bond donors (Lipinski definition) is 1. The van der Waals surface area contributed by atoms with Gasteiger partial charge in [-0.1, -0.05) is 13.0 Å². The van der Waals surface area contributed by atoms with Crippen LogP contribution in [0.1, 0.15) is 29.4 Å². The maximum atomic E-state index is 12.1. The van der Waals surface area contributed by atoms with Crippen LogP contribution in [0, 0.1) is 0 Å². The summed E-state index contributed by atoms with van der Waals surface area (Å²) in [5, 5.41) is 6.80. The zero-order valence-corrected chi connectivity index (χ0v) is 12.6. The van der Waals surface area contributed by atoms with E-state index in [0.29, 0.717) is 12.4 Å². The molecule has 0 aliphatic carbocycles. The number of rotatable bonds is 6. The molecule has 2 aromatic heterocycles. The average molecular weight is 302 g/mol. The van der Waals surface area contributed by atoms with Crippen LogP contribution < -0.4 is 15.6 Å². The lowest BCUT2D eigenvalue weighted by atomic mass is 10.2. The minimum atomic E-state index is -0.351. The first-order valence-corrected chi connectivity index (χ1v) is 7.00. The SMILES string of the molecule is CCCn1nc(C(=O)NCc2cccnc2OC)ccc1=O. The largest absolute Gasteiger partial charge is 0.481 e. The van der Waals surface area contributed by atoms with Crippen LogP contribution in [0.25, 0.3) is 0 Å². The second-order valence-electron chi connectivity index (χ2n) is 4.63. The predicted molar refractivity (Wildman–Crippen MR) is 80.7 cm³/mol. The zero-order valence-electron chi connectivity index (χ0n) is 12.6. The summed E-state index contributed by atoms with van der Waals surface area (Å²) in [6.45, 7) is 2.69. The number of methoxy groups -OCH3 is 1. The molecule has 0 aliphatic rings. The fourth-order valence-corrected chi connectivity index (χ4v) is 1.95. The van der Waals surface area contributed by atoms with Crippen molar-refractivity contribution in [3.8, 4) is 5.88 Å². The van der Waals surface area contributed by atoms with Crippen molar-refractivity contribution in [2.75, 3.05) is 7.11 Å². The number of carbonyl (C=O) groups is 1. The Morgan fingerprint density at radius 3 is 2.91 bits per heavy atom. The van der Waals surface area contributed by atoms with E-state index in [4.69, 9.17) is 4.74 Å². The van der Waals surface area contributed by atoms with E-state index in [1.165, 1.54) is 23.9 Å². The van der Waals surface area contributed by atoms with Gasteiger partial charge in [0, 0.05) is 30.9 Å². The number of pyridine rings is 1. The van der Waals surface area contributed by atoms with Gasteiger partial charge in [-0.05, 0) is 18.6 Å². The Kier molecular flexibility index (Phi) is 5.24. The summed E-state index contributed by atoms with van der Waals surface area (Å²) in [7, 11) is 1.52. The van der Waals surface area contributed by atoms with Gasteiger partial charge in [0.1, 0.15) is 5.69 Å². The topological polar surface area (TPSA) is 86.1 Å². The lowest BCUT2D eigenvalue weighted by Crippen LogP contribution is -2.29. The van der Waals surface area contributed by atoms with Crippen molar-refractivity contribution in [2.24, 2.45) is 0 Å². The molecular weight excluding hydrogens is 284 g/mol. The van der Waals surface area contributed by atoms with Crippen LogP contribution in [-0.4, -0.2) is 27.8 Å². The first-order valence-electron chi connectivity index (χ1n) is 7.00. The van der Waals surface area contributed by atoms with Crippen molar-refractivity contribution in [3.63, 3.8) is 0 Å². The molecular formula is C15H18N4O3. The number of carbonyl (C=O) groups excluding carboxylic acids is 1. The molecule has 7 nitrogen and oxygen atoms in total. The number of aryl methyl sites for hydroxylation is 1. The molecule has 2 heterocycles. The highest BCUT2D eigenvalue weighted by atomic mass is 16.5.